The van der Waals surface area contributed by atoms with Crippen molar-refractivity contribution in [3.63, 3.8) is 0 Å². The molecule has 1 aromatic rings. The molecule has 1 saturated carbocycles. The van der Waals surface area contributed by atoms with Crippen LogP contribution in [0.3, 0.4) is 0 Å². The standard InChI is InChI=1S/C17H21FN2O/c1-12-5-2-3-7-16(12)20-17(21)14-9-8-13(6-4-10-19)11-15(14)18/h8-9,11-12,16H,2-3,5,7,10,19H2,1H3,(H,20,21). The maximum atomic E-state index is 14.0. The molecular weight excluding hydrogens is 267 g/mol. The quantitative estimate of drug-likeness (QED) is 0.821. The van der Waals surface area contributed by atoms with Crippen molar-refractivity contribution in [1.82, 2.24) is 5.32 Å². The Morgan fingerprint density at radius 2 is 2.19 bits per heavy atom. The van der Waals surface area contributed by atoms with Gasteiger partial charge in [0.25, 0.3) is 5.91 Å². The summed E-state index contributed by atoms with van der Waals surface area (Å²) >= 11 is 0. The van der Waals surface area contributed by atoms with Crippen LogP contribution < -0.4 is 11.1 Å². The summed E-state index contributed by atoms with van der Waals surface area (Å²) in [6.07, 6.45) is 4.40. The van der Waals surface area contributed by atoms with E-state index in [9.17, 15) is 9.18 Å². The lowest BCUT2D eigenvalue weighted by molar-refractivity contribution is 0.0906. The van der Waals surface area contributed by atoms with Gasteiger partial charge in [-0.15, -0.1) is 0 Å². The van der Waals surface area contributed by atoms with Gasteiger partial charge in [-0.3, -0.25) is 4.79 Å². The maximum Gasteiger partial charge on any atom is 0.254 e. The molecule has 21 heavy (non-hydrogen) atoms. The molecule has 0 bridgehead atoms. The van der Waals surface area contributed by atoms with Crippen molar-refractivity contribution in [2.75, 3.05) is 6.54 Å². The summed E-state index contributed by atoms with van der Waals surface area (Å²) in [4.78, 5) is 12.2. The van der Waals surface area contributed by atoms with Gasteiger partial charge in [-0.05, 0) is 37.0 Å². The van der Waals surface area contributed by atoms with E-state index in [1.165, 1.54) is 18.6 Å². The van der Waals surface area contributed by atoms with Gasteiger partial charge in [-0.25, -0.2) is 4.39 Å². The Morgan fingerprint density at radius 3 is 2.86 bits per heavy atom. The van der Waals surface area contributed by atoms with Crippen LogP contribution in [-0.4, -0.2) is 18.5 Å². The third-order valence-corrected chi connectivity index (χ3v) is 3.98. The van der Waals surface area contributed by atoms with Crippen LogP contribution in [0.25, 0.3) is 0 Å². The van der Waals surface area contributed by atoms with Gasteiger partial charge in [-0.1, -0.05) is 31.6 Å². The van der Waals surface area contributed by atoms with Crippen LogP contribution in [0.15, 0.2) is 18.2 Å². The number of halogens is 1. The minimum absolute atomic E-state index is 0.0751. The Kier molecular flexibility index (Phi) is 5.35. The molecule has 3 nitrogen and oxygen atoms in total. The summed E-state index contributed by atoms with van der Waals surface area (Å²) in [6.45, 7) is 2.36. The number of hydrogen-bond donors (Lipinski definition) is 2. The van der Waals surface area contributed by atoms with Crippen molar-refractivity contribution in [2.45, 2.75) is 38.6 Å². The highest BCUT2D eigenvalue weighted by molar-refractivity contribution is 5.94. The van der Waals surface area contributed by atoms with Crippen molar-refractivity contribution in [2.24, 2.45) is 11.7 Å². The molecule has 2 rings (SSSR count). The highest BCUT2D eigenvalue weighted by atomic mass is 19.1. The number of benzene rings is 1. The molecule has 0 aliphatic heterocycles. The van der Waals surface area contributed by atoms with E-state index in [0.29, 0.717) is 11.5 Å². The van der Waals surface area contributed by atoms with Crippen LogP contribution >= 0.6 is 0 Å². The molecule has 2 unspecified atom stereocenters. The number of nitrogens with one attached hydrogen (secondary N) is 1. The van der Waals surface area contributed by atoms with E-state index in [1.54, 1.807) is 6.07 Å². The predicted octanol–water partition coefficient (Wildman–Crippen LogP) is 2.44. The number of carbonyl (C=O) groups is 1. The fourth-order valence-corrected chi connectivity index (χ4v) is 2.71. The van der Waals surface area contributed by atoms with Crippen LogP contribution in [0.4, 0.5) is 4.39 Å². The molecule has 1 aliphatic carbocycles. The minimum Gasteiger partial charge on any atom is -0.349 e. The van der Waals surface area contributed by atoms with Crippen LogP contribution in [0.5, 0.6) is 0 Å². The fraction of sp³-hybridized carbons (Fsp3) is 0.471. The largest absolute Gasteiger partial charge is 0.349 e. The molecule has 2 atom stereocenters. The van der Waals surface area contributed by atoms with Crippen molar-refractivity contribution >= 4 is 5.91 Å². The monoisotopic (exact) mass is 288 g/mol. The Hall–Kier alpha value is -1.86. The average Bonchev–Trinajstić information content (AvgIpc) is 2.47. The van der Waals surface area contributed by atoms with Crippen molar-refractivity contribution in [3.8, 4) is 11.8 Å². The lowest BCUT2D eigenvalue weighted by Gasteiger charge is -2.29. The lowest BCUT2D eigenvalue weighted by Crippen LogP contribution is -2.41. The first kappa shape index (κ1) is 15.5. The molecule has 1 aliphatic rings. The maximum absolute atomic E-state index is 14.0. The number of nitrogens with two attached hydrogens (primary N) is 1. The first-order valence-electron chi connectivity index (χ1n) is 7.41. The SMILES string of the molecule is CC1CCCCC1NC(=O)c1ccc(C#CCN)cc1F. The van der Waals surface area contributed by atoms with Gasteiger partial charge in [0, 0.05) is 11.6 Å². The van der Waals surface area contributed by atoms with E-state index >= 15 is 0 Å². The van der Waals surface area contributed by atoms with Gasteiger partial charge in [0.05, 0.1) is 12.1 Å². The highest BCUT2D eigenvalue weighted by Gasteiger charge is 2.24. The van der Waals surface area contributed by atoms with E-state index in [2.05, 4.69) is 24.1 Å². The van der Waals surface area contributed by atoms with Gasteiger partial charge < -0.3 is 11.1 Å². The van der Waals surface area contributed by atoms with Gasteiger partial charge in [0.1, 0.15) is 5.82 Å². The van der Waals surface area contributed by atoms with Crippen LogP contribution in [-0.2, 0) is 0 Å². The third-order valence-electron chi connectivity index (χ3n) is 3.98. The van der Waals surface area contributed by atoms with Crippen molar-refractivity contribution in [3.05, 3.63) is 35.1 Å². The van der Waals surface area contributed by atoms with Gasteiger partial charge in [-0.2, -0.15) is 0 Å². The third kappa shape index (κ3) is 4.05. The van der Waals surface area contributed by atoms with E-state index in [-0.39, 0.29) is 24.1 Å². The Labute approximate surface area is 125 Å². The zero-order valence-electron chi connectivity index (χ0n) is 12.3. The second-order valence-electron chi connectivity index (χ2n) is 5.54. The second-order valence-corrected chi connectivity index (χ2v) is 5.54. The molecule has 1 amide bonds. The van der Waals surface area contributed by atoms with E-state index in [0.717, 1.165) is 19.3 Å². The smallest absolute Gasteiger partial charge is 0.254 e. The lowest BCUT2D eigenvalue weighted by atomic mass is 9.86. The molecule has 0 radical (unpaired) electrons. The number of carbonyl (C=O) groups excluding carboxylic acids is 1. The van der Waals surface area contributed by atoms with Crippen LogP contribution in [0, 0.1) is 23.6 Å². The molecule has 1 aromatic carbocycles. The zero-order valence-corrected chi connectivity index (χ0v) is 12.3. The van der Waals surface area contributed by atoms with Gasteiger partial charge in [0.2, 0.25) is 0 Å². The molecule has 4 heteroatoms. The first-order valence-corrected chi connectivity index (χ1v) is 7.41. The van der Waals surface area contributed by atoms with E-state index in [4.69, 9.17) is 5.73 Å². The topological polar surface area (TPSA) is 55.1 Å². The van der Waals surface area contributed by atoms with Crippen molar-refractivity contribution < 1.29 is 9.18 Å². The summed E-state index contributed by atoms with van der Waals surface area (Å²) in [7, 11) is 0. The Bertz CT molecular complexity index is 574. The van der Waals surface area contributed by atoms with Crippen LogP contribution in [0.2, 0.25) is 0 Å². The summed E-state index contributed by atoms with van der Waals surface area (Å²) in [6, 6.07) is 4.55. The fourth-order valence-electron chi connectivity index (χ4n) is 2.71. The van der Waals surface area contributed by atoms with Gasteiger partial charge in [0.15, 0.2) is 0 Å². The highest BCUT2D eigenvalue weighted by Crippen LogP contribution is 2.24. The molecule has 0 aromatic heterocycles. The Balaban J connectivity index is 2.08. The first-order chi connectivity index (χ1) is 10.1. The molecule has 3 N–H and O–H groups in total. The molecule has 0 spiro atoms. The second kappa shape index (κ2) is 7.24. The number of rotatable bonds is 2. The summed E-state index contributed by atoms with van der Waals surface area (Å²) in [5, 5.41) is 2.95. The summed E-state index contributed by atoms with van der Waals surface area (Å²) in [5.74, 6) is 4.98. The average molecular weight is 288 g/mol. The Morgan fingerprint density at radius 1 is 1.43 bits per heavy atom. The molecular formula is C17H21FN2O. The summed E-state index contributed by atoms with van der Waals surface area (Å²) < 4.78 is 14.0. The van der Waals surface area contributed by atoms with Crippen LogP contribution in [0.1, 0.15) is 48.5 Å². The summed E-state index contributed by atoms with van der Waals surface area (Å²) in [5.41, 5.74) is 5.88. The zero-order chi connectivity index (χ0) is 15.2. The predicted molar refractivity (Wildman–Crippen MR) is 81.2 cm³/mol. The van der Waals surface area contributed by atoms with Crippen molar-refractivity contribution in [1.29, 1.82) is 0 Å². The number of amides is 1. The molecule has 112 valence electrons. The molecule has 1 fully saturated rings. The molecule has 0 saturated heterocycles. The minimum atomic E-state index is -0.542. The van der Waals surface area contributed by atoms with E-state index in [1.807, 2.05) is 0 Å². The molecule has 0 heterocycles. The van der Waals surface area contributed by atoms with E-state index < -0.39 is 5.82 Å². The number of hydrogen-bond acceptors (Lipinski definition) is 2. The normalized spacial score (nSPS) is 21.3. The van der Waals surface area contributed by atoms with Gasteiger partial charge >= 0.3 is 0 Å².